The van der Waals surface area contributed by atoms with Crippen LogP contribution in [0.15, 0.2) is 91.0 Å². The monoisotopic (exact) mass is 567 g/mol. The number of hydrogen-bond acceptors (Lipinski definition) is 1. The van der Waals surface area contributed by atoms with Crippen LogP contribution in [-0.2, 0) is 24.3 Å². The van der Waals surface area contributed by atoms with Gasteiger partial charge in [0.15, 0.2) is 11.6 Å². The minimum absolute atomic E-state index is 0.183. The van der Waals surface area contributed by atoms with Gasteiger partial charge in [0.25, 0.3) is 5.91 Å². The molecule has 0 atom stereocenters. The molecule has 4 aromatic rings. The lowest BCUT2D eigenvalue weighted by Gasteiger charge is -2.37. The van der Waals surface area contributed by atoms with Crippen LogP contribution in [0.3, 0.4) is 0 Å². The summed E-state index contributed by atoms with van der Waals surface area (Å²) >= 11 is 0. The Morgan fingerprint density at radius 1 is 0.625 bits per heavy atom. The third kappa shape index (κ3) is 5.98. The number of carbonyl (C=O) groups is 1. The second kappa shape index (κ2) is 10.7. The SMILES string of the molecule is O=C(NC(Cc1ccccc1)(c1cccc(C(F)(F)F)c1)c1cccc(C(F)(F)F)c1)c1cc(F)cc(F)c1F. The van der Waals surface area contributed by atoms with E-state index in [1.54, 1.807) is 18.2 Å². The first-order valence-corrected chi connectivity index (χ1v) is 11.6. The highest BCUT2D eigenvalue weighted by Gasteiger charge is 2.41. The predicted molar refractivity (Wildman–Crippen MR) is 128 cm³/mol. The average Bonchev–Trinajstić information content (AvgIpc) is 2.90. The molecule has 0 aliphatic carbocycles. The number of hydrogen-bond donors (Lipinski definition) is 1. The Bertz CT molecular complexity index is 1470. The Balaban J connectivity index is 2.03. The molecule has 208 valence electrons. The molecular weight excluding hydrogens is 549 g/mol. The maximum atomic E-state index is 14.6. The van der Waals surface area contributed by atoms with Gasteiger partial charge in [0, 0.05) is 12.5 Å². The van der Waals surface area contributed by atoms with Gasteiger partial charge in [-0.25, -0.2) is 13.2 Å². The molecule has 4 aromatic carbocycles. The molecule has 11 heteroatoms. The van der Waals surface area contributed by atoms with Gasteiger partial charge in [-0.1, -0.05) is 54.6 Å². The van der Waals surface area contributed by atoms with Crippen molar-refractivity contribution in [2.45, 2.75) is 24.3 Å². The van der Waals surface area contributed by atoms with Gasteiger partial charge in [0.1, 0.15) is 5.82 Å². The summed E-state index contributed by atoms with van der Waals surface area (Å²) in [5, 5.41) is 2.33. The van der Waals surface area contributed by atoms with Crippen molar-refractivity contribution in [3.8, 4) is 0 Å². The minimum Gasteiger partial charge on any atom is -0.338 e. The van der Waals surface area contributed by atoms with E-state index >= 15 is 0 Å². The van der Waals surface area contributed by atoms with E-state index in [1.807, 2.05) is 0 Å². The van der Waals surface area contributed by atoms with Crippen LogP contribution in [-0.4, -0.2) is 5.91 Å². The van der Waals surface area contributed by atoms with E-state index in [1.165, 1.54) is 12.1 Å². The van der Waals surface area contributed by atoms with Crippen LogP contribution in [0.5, 0.6) is 0 Å². The van der Waals surface area contributed by atoms with Crippen LogP contribution >= 0.6 is 0 Å². The number of amides is 1. The molecule has 0 aromatic heterocycles. The molecule has 2 nitrogen and oxygen atoms in total. The molecule has 0 radical (unpaired) electrons. The third-order valence-electron chi connectivity index (χ3n) is 6.24. The highest BCUT2D eigenvalue weighted by molar-refractivity contribution is 5.95. The molecule has 0 saturated carbocycles. The molecule has 1 amide bonds. The van der Waals surface area contributed by atoms with Crippen LogP contribution in [0.2, 0.25) is 0 Å². The zero-order valence-corrected chi connectivity index (χ0v) is 20.2. The number of carbonyl (C=O) groups excluding carboxylic acids is 1. The quantitative estimate of drug-likeness (QED) is 0.185. The lowest BCUT2D eigenvalue weighted by Crippen LogP contribution is -2.49. The second-order valence-corrected chi connectivity index (χ2v) is 8.93. The highest BCUT2D eigenvalue weighted by Crippen LogP contribution is 2.40. The second-order valence-electron chi connectivity index (χ2n) is 8.93. The standard InChI is InChI=1S/C29H18F9NO/c30-22-14-23(25(32)24(31)15-22)26(40)39-27(16-17-6-2-1-3-7-17,18-8-4-10-20(12-18)28(33,34)35)19-9-5-11-21(13-19)29(36,37)38/h1-15H,16H2,(H,39,40). The lowest BCUT2D eigenvalue weighted by atomic mass is 9.76. The molecule has 4 rings (SSSR count). The molecule has 1 N–H and O–H groups in total. The average molecular weight is 567 g/mol. The molecular formula is C29H18F9NO. The summed E-state index contributed by atoms with van der Waals surface area (Å²) in [4.78, 5) is 13.4. The van der Waals surface area contributed by atoms with E-state index in [9.17, 15) is 44.3 Å². The molecule has 0 aliphatic rings. The Morgan fingerprint density at radius 2 is 1.12 bits per heavy atom. The van der Waals surface area contributed by atoms with Gasteiger partial charge in [-0.15, -0.1) is 0 Å². The summed E-state index contributed by atoms with van der Waals surface area (Å²) in [5.74, 6) is -6.25. The first-order chi connectivity index (χ1) is 18.7. The van der Waals surface area contributed by atoms with E-state index in [0.29, 0.717) is 23.8 Å². The Kier molecular flexibility index (Phi) is 7.69. The molecule has 0 unspecified atom stereocenters. The number of nitrogens with one attached hydrogen (secondary N) is 1. The fraction of sp³-hybridized carbons (Fsp3) is 0.138. The van der Waals surface area contributed by atoms with Crippen LogP contribution in [0.4, 0.5) is 39.5 Å². The predicted octanol–water partition coefficient (Wildman–Crippen LogP) is 8.06. The van der Waals surface area contributed by atoms with Gasteiger partial charge in [0.2, 0.25) is 0 Å². The van der Waals surface area contributed by atoms with Gasteiger partial charge >= 0.3 is 12.4 Å². The molecule has 0 bridgehead atoms. The van der Waals surface area contributed by atoms with E-state index in [-0.39, 0.29) is 17.2 Å². The number of alkyl halides is 6. The van der Waals surface area contributed by atoms with Crippen LogP contribution in [0.1, 0.15) is 38.2 Å². The van der Waals surface area contributed by atoms with E-state index in [4.69, 9.17) is 0 Å². The van der Waals surface area contributed by atoms with Gasteiger partial charge in [0.05, 0.1) is 22.2 Å². The summed E-state index contributed by atoms with van der Waals surface area (Å²) in [6.45, 7) is 0. The summed E-state index contributed by atoms with van der Waals surface area (Å²) < 4.78 is 125. The van der Waals surface area contributed by atoms with Gasteiger partial charge in [-0.3, -0.25) is 4.79 Å². The van der Waals surface area contributed by atoms with Crippen molar-refractivity contribution in [1.29, 1.82) is 0 Å². The molecule has 0 saturated heterocycles. The molecule has 40 heavy (non-hydrogen) atoms. The summed E-state index contributed by atoms with van der Waals surface area (Å²) in [6.07, 6.45) is -10.2. The van der Waals surface area contributed by atoms with E-state index < -0.39 is 64.4 Å². The fourth-order valence-corrected chi connectivity index (χ4v) is 4.37. The van der Waals surface area contributed by atoms with Gasteiger partial charge in [-0.2, -0.15) is 26.3 Å². The van der Waals surface area contributed by atoms with Crippen molar-refractivity contribution in [3.05, 3.63) is 142 Å². The van der Waals surface area contributed by atoms with Crippen molar-refractivity contribution >= 4 is 5.91 Å². The highest BCUT2D eigenvalue weighted by atomic mass is 19.4. The van der Waals surface area contributed by atoms with E-state index in [2.05, 4.69) is 5.32 Å². The minimum atomic E-state index is -4.87. The zero-order chi connectivity index (χ0) is 29.3. The van der Waals surface area contributed by atoms with E-state index in [0.717, 1.165) is 36.4 Å². The van der Waals surface area contributed by atoms with Crippen molar-refractivity contribution in [2.75, 3.05) is 0 Å². The summed E-state index contributed by atoms with van der Waals surface area (Å²) in [5.41, 5.74) is -5.93. The van der Waals surface area contributed by atoms with Crippen molar-refractivity contribution in [3.63, 3.8) is 0 Å². The first-order valence-electron chi connectivity index (χ1n) is 11.6. The van der Waals surface area contributed by atoms with Crippen molar-refractivity contribution < 1.29 is 44.3 Å². The molecule has 0 fully saturated rings. The lowest BCUT2D eigenvalue weighted by molar-refractivity contribution is -0.138. The Morgan fingerprint density at radius 3 is 1.62 bits per heavy atom. The van der Waals surface area contributed by atoms with Crippen LogP contribution < -0.4 is 5.32 Å². The van der Waals surface area contributed by atoms with Crippen molar-refractivity contribution in [2.24, 2.45) is 0 Å². The Labute approximate surface area is 222 Å². The largest absolute Gasteiger partial charge is 0.416 e. The van der Waals surface area contributed by atoms with Crippen LogP contribution in [0.25, 0.3) is 0 Å². The molecule has 0 aliphatic heterocycles. The zero-order valence-electron chi connectivity index (χ0n) is 20.2. The summed E-state index contributed by atoms with van der Waals surface area (Å²) in [7, 11) is 0. The molecule has 0 spiro atoms. The first kappa shape index (κ1) is 28.7. The third-order valence-corrected chi connectivity index (χ3v) is 6.24. The number of halogens is 9. The Hall–Kier alpha value is -4.28. The maximum absolute atomic E-state index is 14.6. The van der Waals surface area contributed by atoms with Crippen LogP contribution in [0, 0.1) is 17.5 Å². The smallest absolute Gasteiger partial charge is 0.338 e. The fourth-order valence-electron chi connectivity index (χ4n) is 4.37. The summed E-state index contributed by atoms with van der Waals surface area (Å²) in [6, 6.07) is 15.4. The van der Waals surface area contributed by atoms with Crippen molar-refractivity contribution in [1.82, 2.24) is 5.32 Å². The topological polar surface area (TPSA) is 29.1 Å². The maximum Gasteiger partial charge on any atom is 0.416 e. The number of benzene rings is 4. The van der Waals surface area contributed by atoms with Gasteiger partial charge in [-0.05, 0) is 47.0 Å². The number of rotatable bonds is 6. The molecule has 0 heterocycles. The normalized spacial score (nSPS) is 12.3. The van der Waals surface area contributed by atoms with Gasteiger partial charge < -0.3 is 5.32 Å².